The summed E-state index contributed by atoms with van der Waals surface area (Å²) in [6.45, 7) is 3.79. The Bertz CT molecular complexity index is 853. The summed E-state index contributed by atoms with van der Waals surface area (Å²) in [6, 6.07) is 6.80. The minimum absolute atomic E-state index is 0.188. The van der Waals surface area contributed by atoms with E-state index in [-0.39, 0.29) is 11.9 Å². The van der Waals surface area contributed by atoms with Gasteiger partial charge in [0.2, 0.25) is 12.4 Å². The summed E-state index contributed by atoms with van der Waals surface area (Å²) < 4.78 is 5.31. The van der Waals surface area contributed by atoms with Gasteiger partial charge in [0.25, 0.3) is 5.91 Å². The topological polar surface area (TPSA) is 87.7 Å². The molecule has 1 aromatic heterocycles. The van der Waals surface area contributed by atoms with E-state index in [0.717, 1.165) is 6.41 Å². The molecule has 0 atom stereocenters. The van der Waals surface area contributed by atoms with Crippen LogP contribution in [0.2, 0.25) is 5.02 Å². The highest BCUT2D eigenvalue weighted by Gasteiger charge is 2.23. The largest absolute Gasteiger partial charge is 0.495 e. The predicted octanol–water partition coefficient (Wildman–Crippen LogP) is 2.10. The van der Waals surface area contributed by atoms with E-state index in [1.165, 1.54) is 0 Å². The Morgan fingerprint density at radius 1 is 1.22 bits per heavy atom. The number of hydrogen-bond acceptors (Lipinski definition) is 6. The lowest BCUT2D eigenvalue weighted by Gasteiger charge is -2.32. The molecule has 3 rings (SSSR count). The van der Waals surface area contributed by atoms with Crippen molar-refractivity contribution in [3.63, 3.8) is 0 Å². The van der Waals surface area contributed by atoms with E-state index < -0.39 is 0 Å². The number of anilines is 2. The first kappa shape index (κ1) is 18.9. The van der Waals surface area contributed by atoms with Crippen LogP contribution >= 0.6 is 11.6 Å². The van der Waals surface area contributed by atoms with E-state index in [1.54, 1.807) is 48.1 Å². The van der Waals surface area contributed by atoms with Gasteiger partial charge in [-0.1, -0.05) is 11.6 Å². The van der Waals surface area contributed by atoms with Crippen molar-refractivity contribution in [3.8, 4) is 5.75 Å². The molecule has 0 radical (unpaired) electrons. The van der Waals surface area contributed by atoms with Crippen LogP contribution in [0.1, 0.15) is 16.2 Å². The van der Waals surface area contributed by atoms with Crippen LogP contribution in [0.3, 0.4) is 0 Å². The molecular formula is C18H20ClN5O3. The Morgan fingerprint density at radius 2 is 1.96 bits per heavy atom. The standard InChI is InChI=1S/C18H20ClN5O3/c1-12-9-15(17(26)24-7-5-23(11-25)6-8-24)22-18(20-12)21-14-10-13(19)3-4-16(14)27-2/h3-4,9-11H,5-8H2,1-2H3,(H,20,21,22). The van der Waals surface area contributed by atoms with Crippen molar-refractivity contribution in [2.45, 2.75) is 6.92 Å². The molecule has 0 aliphatic carbocycles. The average Bonchev–Trinajstić information content (AvgIpc) is 2.67. The van der Waals surface area contributed by atoms with Gasteiger partial charge in [0.05, 0.1) is 12.8 Å². The van der Waals surface area contributed by atoms with Crippen LogP contribution in [0, 0.1) is 6.92 Å². The number of ether oxygens (including phenoxy) is 1. The first-order valence-corrected chi connectivity index (χ1v) is 8.83. The molecule has 1 aromatic carbocycles. The minimum Gasteiger partial charge on any atom is -0.495 e. The van der Waals surface area contributed by atoms with Crippen molar-refractivity contribution in [2.75, 3.05) is 38.6 Å². The lowest BCUT2D eigenvalue weighted by molar-refractivity contribution is -0.119. The molecule has 2 amide bonds. The monoisotopic (exact) mass is 389 g/mol. The summed E-state index contributed by atoms with van der Waals surface area (Å²) in [7, 11) is 1.56. The van der Waals surface area contributed by atoms with E-state index in [0.29, 0.717) is 54.0 Å². The van der Waals surface area contributed by atoms with Gasteiger partial charge in [-0.15, -0.1) is 0 Å². The first-order chi connectivity index (χ1) is 13.0. The molecule has 142 valence electrons. The van der Waals surface area contributed by atoms with Crippen molar-refractivity contribution in [1.82, 2.24) is 19.8 Å². The van der Waals surface area contributed by atoms with Crippen LogP contribution in [-0.4, -0.2) is 65.4 Å². The Morgan fingerprint density at radius 3 is 2.63 bits per heavy atom. The second-order valence-electron chi connectivity index (χ2n) is 6.12. The number of rotatable bonds is 5. The molecule has 0 saturated carbocycles. The van der Waals surface area contributed by atoms with Gasteiger partial charge in [-0.2, -0.15) is 0 Å². The van der Waals surface area contributed by atoms with E-state index in [4.69, 9.17) is 16.3 Å². The lowest BCUT2D eigenvalue weighted by atomic mass is 10.2. The van der Waals surface area contributed by atoms with Crippen LogP contribution in [0.4, 0.5) is 11.6 Å². The molecule has 0 bridgehead atoms. The lowest BCUT2D eigenvalue weighted by Crippen LogP contribution is -2.48. The zero-order chi connectivity index (χ0) is 19.4. The molecule has 1 N–H and O–H groups in total. The van der Waals surface area contributed by atoms with Crippen molar-refractivity contribution in [3.05, 3.63) is 40.7 Å². The Hall–Kier alpha value is -2.87. The molecule has 2 heterocycles. The summed E-state index contributed by atoms with van der Waals surface area (Å²) in [5.74, 6) is 0.681. The van der Waals surface area contributed by atoms with Crippen LogP contribution in [0.25, 0.3) is 0 Å². The van der Waals surface area contributed by atoms with Crippen molar-refractivity contribution >= 4 is 35.6 Å². The fourth-order valence-electron chi connectivity index (χ4n) is 2.82. The predicted molar refractivity (Wildman–Crippen MR) is 102 cm³/mol. The maximum Gasteiger partial charge on any atom is 0.272 e. The summed E-state index contributed by atoms with van der Waals surface area (Å²) in [5, 5.41) is 3.60. The van der Waals surface area contributed by atoms with Crippen LogP contribution in [-0.2, 0) is 4.79 Å². The van der Waals surface area contributed by atoms with E-state index in [2.05, 4.69) is 15.3 Å². The average molecular weight is 390 g/mol. The van der Waals surface area contributed by atoms with E-state index >= 15 is 0 Å². The molecule has 1 aliphatic heterocycles. The smallest absolute Gasteiger partial charge is 0.272 e. The normalized spacial score (nSPS) is 14.0. The highest BCUT2D eigenvalue weighted by atomic mass is 35.5. The number of benzene rings is 1. The highest BCUT2D eigenvalue weighted by molar-refractivity contribution is 6.31. The fraction of sp³-hybridized carbons (Fsp3) is 0.333. The first-order valence-electron chi connectivity index (χ1n) is 8.45. The van der Waals surface area contributed by atoms with Crippen molar-refractivity contribution < 1.29 is 14.3 Å². The molecule has 0 unspecified atom stereocenters. The molecule has 2 aromatic rings. The van der Waals surface area contributed by atoms with E-state index in [9.17, 15) is 9.59 Å². The number of aryl methyl sites for hydroxylation is 1. The van der Waals surface area contributed by atoms with Gasteiger partial charge >= 0.3 is 0 Å². The molecule has 1 fully saturated rings. The molecule has 8 nitrogen and oxygen atoms in total. The third-order valence-electron chi connectivity index (χ3n) is 4.23. The number of carbonyl (C=O) groups is 2. The number of amides is 2. The van der Waals surface area contributed by atoms with Gasteiger partial charge in [0, 0.05) is 36.9 Å². The third kappa shape index (κ3) is 4.46. The molecule has 9 heteroatoms. The SMILES string of the molecule is COc1ccc(Cl)cc1Nc1nc(C)cc(C(=O)N2CCN(C=O)CC2)n1. The van der Waals surface area contributed by atoms with Crippen LogP contribution < -0.4 is 10.1 Å². The number of methoxy groups -OCH3 is 1. The molecule has 1 saturated heterocycles. The summed E-state index contributed by atoms with van der Waals surface area (Å²) in [5.41, 5.74) is 1.56. The molecular weight excluding hydrogens is 370 g/mol. The van der Waals surface area contributed by atoms with Gasteiger partial charge in [0.15, 0.2) is 0 Å². The number of aromatic nitrogens is 2. The van der Waals surface area contributed by atoms with Gasteiger partial charge in [-0.05, 0) is 31.2 Å². The van der Waals surface area contributed by atoms with Crippen LogP contribution in [0.15, 0.2) is 24.3 Å². The van der Waals surface area contributed by atoms with Gasteiger partial charge in [-0.25, -0.2) is 9.97 Å². The Labute approximate surface area is 162 Å². The number of carbonyl (C=O) groups excluding carboxylic acids is 2. The Balaban J connectivity index is 1.81. The second-order valence-corrected chi connectivity index (χ2v) is 6.56. The number of nitrogens with one attached hydrogen (secondary N) is 1. The van der Waals surface area contributed by atoms with Crippen LogP contribution in [0.5, 0.6) is 5.75 Å². The zero-order valence-electron chi connectivity index (χ0n) is 15.1. The fourth-order valence-corrected chi connectivity index (χ4v) is 3.00. The van der Waals surface area contributed by atoms with E-state index in [1.807, 2.05) is 0 Å². The second kappa shape index (κ2) is 8.22. The minimum atomic E-state index is -0.188. The summed E-state index contributed by atoms with van der Waals surface area (Å²) in [6.07, 6.45) is 0.803. The van der Waals surface area contributed by atoms with Crippen molar-refractivity contribution in [1.29, 1.82) is 0 Å². The van der Waals surface area contributed by atoms with Gasteiger partial charge < -0.3 is 19.9 Å². The number of halogens is 1. The maximum absolute atomic E-state index is 12.8. The number of nitrogens with zero attached hydrogens (tertiary/aromatic N) is 4. The zero-order valence-corrected chi connectivity index (χ0v) is 15.9. The summed E-state index contributed by atoms with van der Waals surface area (Å²) in [4.78, 5) is 35.6. The number of hydrogen-bond donors (Lipinski definition) is 1. The molecule has 0 spiro atoms. The molecule has 1 aliphatic rings. The Kier molecular flexibility index (Phi) is 5.75. The van der Waals surface area contributed by atoms with Gasteiger partial charge in [0.1, 0.15) is 11.4 Å². The summed E-state index contributed by atoms with van der Waals surface area (Å²) >= 11 is 6.05. The quantitative estimate of drug-likeness (QED) is 0.788. The highest BCUT2D eigenvalue weighted by Crippen LogP contribution is 2.29. The maximum atomic E-state index is 12.8. The van der Waals surface area contributed by atoms with Gasteiger partial charge in [-0.3, -0.25) is 9.59 Å². The third-order valence-corrected chi connectivity index (χ3v) is 4.47. The number of piperazine rings is 1. The molecule has 27 heavy (non-hydrogen) atoms. The van der Waals surface area contributed by atoms with Crippen molar-refractivity contribution in [2.24, 2.45) is 0 Å².